The van der Waals surface area contributed by atoms with Crippen LogP contribution in [0, 0.1) is 0 Å². The molecule has 1 aliphatic carbocycles. The van der Waals surface area contributed by atoms with E-state index in [0.29, 0.717) is 18.1 Å². The molecule has 9 heteroatoms. The molecule has 0 atom stereocenters. The Hall–Kier alpha value is -4.79. The first kappa shape index (κ1) is 23.6. The van der Waals surface area contributed by atoms with Crippen LogP contribution in [0.25, 0.3) is 28.1 Å². The third-order valence-corrected chi connectivity index (χ3v) is 6.98. The number of benzene rings is 2. The smallest absolute Gasteiger partial charge is 0.254 e. The van der Waals surface area contributed by atoms with E-state index in [1.54, 1.807) is 17.0 Å². The SMILES string of the molecule is CCCN(c1cccc(-c2ncc[nH]2)c1)c1ncc2c(=O)c(C(N)=O)cn(-c3ccc4c(c3)CCC4)c2n1. The highest BCUT2D eigenvalue weighted by atomic mass is 16.2. The van der Waals surface area contributed by atoms with Crippen LogP contribution in [0.2, 0.25) is 0 Å². The molecule has 0 saturated carbocycles. The van der Waals surface area contributed by atoms with Gasteiger partial charge in [-0.3, -0.25) is 9.59 Å². The summed E-state index contributed by atoms with van der Waals surface area (Å²) in [5.41, 5.74) is 10.7. The van der Waals surface area contributed by atoms with Gasteiger partial charge in [0, 0.05) is 48.3 Å². The minimum atomic E-state index is -0.779. The van der Waals surface area contributed by atoms with Gasteiger partial charge in [-0.25, -0.2) is 9.97 Å². The Morgan fingerprint density at radius 2 is 2.00 bits per heavy atom. The van der Waals surface area contributed by atoms with E-state index in [2.05, 4.69) is 34.0 Å². The van der Waals surface area contributed by atoms with Crippen molar-refractivity contribution in [2.45, 2.75) is 32.6 Å². The number of nitrogens with zero attached hydrogens (tertiary/aromatic N) is 5. The van der Waals surface area contributed by atoms with Gasteiger partial charge in [0.2, 0.25) is 11.4 Å². The van der Waals surface area contributed by atoms with Crippen LogP contribution in [-0.2, 0) is 12.8 Å². The molecule has 0 saturated heterocycles. The summed E-state index contributed by atoms with van der Waals surface area (Å²) in [6.45, 7) is 2.75. The van der Waals surface area contributed by atoms with Crippen LogP contribution in [0.4, 0.5) is 11.6 Å². The Kier molecular flexibility index (Phi) is 5.95. The van der Waals surface area contributed by atoms with Crippen LogP contribution >= 0.6 is 0 Å². The van der Waals surface area contributed by atoms with Gasteiger partial charge in [-0.2, -0.15) is 4.98 Å². The van der Waals surface area contributed by atoms with Crippen molar-refractivity contribution in [1.82, 2.24) is 24.5 Å². The standard InChI is InChI=1S/C29H27N7O2/c1-2-13-35(21-8-4-7-20(15-21)27-31-11-12-32-27)29-33-16-23-25(37)24(26(30)38)17-36(28(23)34-29)22-10-9-18-5-3-6-19(18)14-22/h4,7-12,14-17H,2-3,5-6,13H2,1H3,(H2,30,38)(H,31,32). The number of aromatic nitrogens is 5. The normalized spacial score (nSPS) is 12.6. The lowest BCUT2D eigenvalue weighted by Crippen LogP contribution is -2.26. The Balaban J connectivity index is 1.53. The zero-order valence-electron chi connectivity index (χ0n) is 21.0. The van der Waals surface area contributed by atoms with Crippen LogP contribution in [0.5, 0.6) is 0 Å². The van der Waals surface area contributed by atoms with E-state index in [-0.39, 0.29) is 10.9 Å². The summed E-state index contributed by atoms with van der Waals surface area (Å²) in [7, 11) is 0. The first-order valence-corrected chi connectivity index (χ1v) is 12.7. The number of aryl methyl sites for hydroxylation is 2. The number of nitrogens with two attached hydrogens (primary N) is 1. The number of nitrogens with one attached hydrogen (secondary N) is 1. The van der Waals surface area contributed by atoms with Crippen molar-refractivity contribution in [3.05, 3.63) is 94.2 Å². The number of imidazole rings is 1. The Morgan fingerprint density at radius 3 is 2.79 bits per heavy atom. The molecule has 9 nitrogen and oxygen atoms in total. The average molecular weight is 506 g/mol. The number of pyridine rings is 1. The summed E-state index contributed by atoms with van der Waals surface area (Å²) in [6.07, 6.45) is 10.5. The number of fused-ring (bicyclic) bond motifs is 2. The molecule has 0 unspecified atom stereocenters. The van der Waals surface area contributed by atoms with Crippen molar-refractivity contribution in [2.24, 2.45) is 5.73 Å². The quantitative estimate of drug-likeness (QED) is 0.340. The van der Waals surface area contributed by atoms with Crippen LogP contribution < -0.4 is 16.1 Å². The number of rotatable bonds is 7. The van der Waals surface area contributed by atoms with Crippen LogP contribution in [0.3, 0.4) is 0 Å². The zero-order valence-corrected chi connectivity index (χ0v) is 21.0. The van der Waals surface area contributed by atoms with Crippen molar-refractivity contribution in [1.29, 1.82) is 0 Å². The molecule has 5 aromatic rings. The highest BCUT2D eigenvalue weighted by molar-refractivity contribution is 5.96. The molecule has 2 aromatic carbocycles. The molecule has 190 valence electrons. The lowest BCUT2D eigenvalue weighted by atomic mass is 10.1. The fourth-order valence-electron chi connectivity index (χ4n) is 5.12. The molecule has 0 aliphatic heterocycles. The van der Waals surface area contributed by atoms with Crippen LogP contribution in [0.1, 0.15) is 41.3 Å². The highest BCUT2D eigenvalue weighted by Gasteiger charge is 2.20. The number of carbonyl (C=O) groups is 1. The van der Waals surface area contributed by atoms with Crippen molar-refractivity contribution in [3.63, 3.8) is 0 Å². The molecular formula is C29H27N7O2. The zero-order chi connectivity index (χ0) is 26.2. The molecule has 0 bridgehead atoms. The number of primary amides is 1. The number of carbonyl (C=O) groups excluding carboxylic acids is 1. The predicted octanol–water partition coefficient (Wildman–Crippen LogP) is 4.31. The molecule has 0 spiro atoms. The number of aromatic amines is 1. The minimum Gasteiger partial charge on any atom is -0.365 e. The van der Waals surface area contributed by atoms with Crippen molar-refractivity contribution in [2.75, 3.05) is 11.4 Å². The molecule has 6 rings (SSSR count). The maximum Gasteiger partial charge on any atom is 0.254 e. The lowest BCUT2D eigenvalue weighted by molar-refractivity contribution is 0.0999. The van der Waals surface area contributed by atoms with Crippen molar-refractivity contribution in [3.8, 4) is 17.1 Å². The number of anilines is 2. The molecule has 1 aliphatic rings. The lowest BCUT2D eigenvalue weighted by Gasteiger charge is -2.23. The maximum atomic E-state index is 13.2. The van der Waals surface area contributed by atoms with E-state index in [0.717, 1.165) is 48.4 Å². The fraction of sp³-hybridized carbons (Fsp3) is 0.207. The van der Waals surface area contributed by atoms with Gasteiger partial charge in [0.05, 0.1) is 5.39 Å². The Bertz CT molecular complexity index is 1720. The van der Waals surface area contributed by atoms with Gasteiger partial charge in [0.1, 0.15) is 11.4 Å². The topological polar surface area (TPSA) is 123 Å². The largest absolute Gasteiger partial charge is 0.365 e. The molecule has 0 radical (unpaired) electrons. The molecule has 3 heterocycles. The van der Waals surface area contributed by atoms with Gasteiger partial charge in [-0.05, 0) is 61.1 Å². The van der Waals surface area contributed by atoms with E-state index in [1.165, 1.54) is 23.5 Å². The predicted molar refractivity (Wildman–Crippen MR) is 147 cm³/mol. The number of hydrogen-bond acceptors (Lipinski definition) is 6. The number of hydrogen-bond donors (Lipinski definition) is 2. The molecular weight excluding hydrogens is 478 g/mol. The Labute approximate surface area is 219 Å². The summed E-state index contributed by atoms with van der Waals surface area (Å²) in [5, 5.41) is 0.242. The summed E-state index contributed by atoms with van der Waals surface area (Å²) >= 11 is 0. The van der Waals surface area contributed by atoms with E-state index >= 15 is 0 Å². The van der Waals surface area contributed by atoms with E-state index in [1.807, 2.05) is 35.2 Å². The molecule has 0 fully saturated rings. The van der Waals surface area contributed by atoms with Gasteiger partial charge < -0.3 is 20.2 Å². The fourth-order valence-corrected chi connectivity index (χ4v) is 5.12. The molecule has 1 amide bonds. The van der Waals surface area contributed by atoms with E-state index in [4.69, 9.17) is 10.7 Å². The van der Waals surface area contributed by atoms with E-state index < -0.39 is 11.3 Å². The molecule has 3 aromatic heterocycles. The second-order valence-corrected chi connectivity index (χ2v) is 9.46. The first-order chi connectivity index (χ1) is 18.5. The van der Waals surface area contributed by atoms with Crippen molar-refractivity contribution < 1.29 is 4.79 Å². The third-order valence-electron chi connectivity index (χ3n) is 6.98. The van der Waals surface area contributed by atoms with Gasteiger partial charge >= 0.3 is 0 Å². The average Bonchev–Trinajstić information content (AvgIpc) is 3.64. The number of H-pyrrole nitrogens is 1. The second kappa shape index (κ2) is 9.59. The minimum absolute atomic E-state index is 0.0917. The summed E-state index contributed by atoms with van der Waals surface area (Å²) in [6, 6.07) is 14.2. The second-order valence-electron chi connectivity index (χ2n) is 9.46. The maximum absolute atomic E-state index is 13.2. The van der Waals surface area contributed by atoms with Crippen LogP contribution in [0.15, 0.2) is 72.0 Å². The van der Waals surface area contributed by atoms with Gasteiger partial charge in [-0.1, -0.05) is 25.1 Å². The molecule has 38 heavy (non-hydrogen) atoms. The third kappa shape index (κ3) is 4.11. The van der Waals surface area contributed by atoms with Gasteiger partial charge in [-0.15, -0.1) is 0 Å². The van der Waals surface area contributed by atoms with Crippen LogP contribution in [-0.4, -0.2) is 37.0 Å². The molecule has 3 N–H and O–H groups in total. The van der Waals surface area contributed by atoms with E-state index in [9.17, 15) is 9.59 Å². The first-order valence-electron chi connectivity index (χ1n) is 12.7. The monoisotopic (exact) mass is 505 g/mol. The summed E-state index contributed by atoms with van der Waals surface area (Å²) in [4.78, 5) is 44.3. The van der Waals surface area contributed by atoms with Gasteiger partial charge in [0.25, 0.3) is 5.91 Å². The summed E-state index contributed by atoms with van der Waals surface area (Å²) < 4.78 is 1.78. The highest BCUT2D eigenvalue weighted by Crippen LogP contribution is 2.29. The van der Waals surface area contributed by atoms with Gasteiger partial charge in [0.15, 0.2) is 5.65 Å². The Morgan fingerprint density at radius 1 is 1.13 bits per heavy atom. The summed E-state index contributed by atoms with van der Waals surface area (Å²) in [5.74, 6) is 0.447. The van der Waals surface area contributed by atoms with Crippen molar-refractivity contribution >= 4 is 28.6 Å². The number of amides is 1.